The van der Waals surface area contributed by atoms with Crippen LogP contribution in [0.15, 0.2) is 12.1 Å². The molecule has 7 nitrogen and oxygen atoms in total. The van der Waals surface area contributed by atoms with Crippen LogP contribution < -0.4 is 25.0 Å². The number of rotatable bonds is 3. The van der Waals surface area contributed by atoms with E-state index in [2.05, 4.69) is 17.7 Å². The number of ether oxygens (including phenoxy) is 2. The maximum atomic E-state index is 12.8. The molecule has 0 saturated carbocycles. The lowest BCUT2D eigenvalue weighted by Crippen LogP contribution is -3.08. The maximum absolute atomic E-state index is 12.8. The van der Waals surface area contributed by atoms with Crippen molar-refractivity contribution in [1.82, 2.24) is 5.32 Å². The first-order valence-electron chi connectivity index (χ1n) is 8.50. The normalized spacial score (nSPS) is 21.3. The van der Waals surface area contributed by atoms with Crippen molar-refractivity contribution in [2.45, 2.75) is 19.1 Å². The predicted octanol–water partition coefficient (Wildman–Crippen LogP) is 0.896. The van der Waals surface area contributed by atoms with Gasteiger partial charge in [0.25, 0.3) is 5.91 Å². The Labute approximate surface area is 155 Å². The topological polar surface area (TPSA) is 84.3 Å². The summed E-state index contributed by atoms with van der Waals surface area (Å²) in [6.45, 7) is 1.99. The van der Waals surface area contributed by atoms with E-state index in [1.54, 1.807) is 23.5 Å². The van der Waals surface area contributed by atoms with Crippen molar-refractivity contribution >= 4 is 22.2 Å². The Balaban J connectivity index is 1.71. The summed E-state index contributed by atoms with van der Waals surface area (Å²) in [6, 6.07) is 3.40. The molecule has 1 aromatic heterocycles. The molecule has 0 radical (unpaired) electrons. The van der Waals surface area contributed by atoms with E-state index in [0.717, 1.165) is 35.6 Å². The Hall–Kier alpha value is -2.45. The zero-order valence-corrected chi connectivity index (χ0v) is 15.8. The van der Waals surface area contributed by atoms with Crippen LogP contribution in [0.4, 0.5) is 5.00 Å². The number of thiophene rings is 1. The molecule has 138 valence electrons. The van der Waals surface area contributed by atoms with Gasteiger partial charge >= 0.3 is 0 Å². The second kappa shape index (κ2) is 6.37. The van der Waals surface area contributed by atoms with E-state index >= 15 is 0 Å². The molecule has 2 aliphatic heterocycles. The molecule has 0 spiro atoms. The number of phenols is 1. The number of amides is 1. The van der Waals surface area contributed by atoms with Crippen molar-refractivity contribution in [2.75, 3.05) is 33.1 Å². The van der Waals surface area contributed by atoms with Crippen LogP contribution in [0.3, 0.4) is 0 Å². The predicted molar refractivity (Wildman–Crippen MR) is 98.5 cm³/mol. The Bertz CT molecular complexity index is 855. The standard InChI is InChI=1S/C18H21N3O4S/c1-21-5-4-10-13(8-21)26-18-14(10)17(23)19-16(20-18)9-6-11(24-2)15(22)12(7-9)25-3/h6-7,16,20,22H,4-5,8H2,1-3H3,(H,19,23)/p+1/t16-/m1/s1. The highest BCUT2D eigenvalue weighted by Crippen LogP contribution is 2.42. The number of fused-ring (bicyclic) bond motifs is 3. The van der Waals surface area contributed by atoms with Crippen molar-refractivity contribution in [1.29, 1.82) is 0 Å². The molecule has 26 heavy (non-hydrogen) atoms. The average molecular weight is 376 g/mol. The van der Waals surface area contributed by atoms with Gasteiger partial charge in [0.1, 0.15) is 17.7 Å². The van der Waals surface area contributed by atoms with Crippen LogP contribution in [0.25, 0.3) is 0 Å². The summed E-state index contributed by atoms with van der Waals surface area (Å²) in [7, 11) is 5.14. The summed E-state index contributed by atoms with van der Waals surface area (Å²) in [5.74, 6) is 0.486. The van der Waals surface area contributed by atoms with Crippen LogP contribution in [0, 0.1) is 0 Å². The summed E-state index contributed by atoms with van der Waals surface area (Å²) in [4.78, 5) is 15.5. The minimum atomic E-state index is -0.413. The average Bonchev–Trinajstić information content (AvgIpc) is 2.99. The molecule has 0 fully saturated rings. The number of phenolic OH excluding ortho intramolecular Hbond substituents is 1. The van der Waals surface area contributed by atoms with E-state index in [1.165, 1.54) is 29.6 Å². The van der Waals surface area contributed by atoms with Crippen LogP contribution in [0.1, 0.15) is 32.5 Å². The van der Waals surface area contributed by atoms with Gasteiger partial charge in [-0.15, -0.1) is 11.3 Å². The molecule has 0 bridgehead atoms. The quantitative estimate of drug-likeness (QED) is 0.640. The molecule has 2 aliphatic rings. The van der Waals surface area contributed by atoms with Crippen LogP contribution >= 0.6 is 11.3 Å². The fraction of sp³-hybridized carbons (Fsp3) is 0.389. The second-order valence-corrected chi connectivity index (χ2v) is 7.77. The largest absolute Gasteiger partial charge is 0.502 e. The molecule has 2 aromatic rings. The molecule has 1 unspecified atom stereocenters. The first kappa shape index (κ1) is 17.0. The van der Waals surface area contributed by atoms with E-state index in [1.807, 2.05) is 0 Å². The Morgan fingerprint density at radius 2 is 1.92 bits per heavy atom. The third-order valence-corrected chi connectivity index (χ3v) is 6.13. The summed E-state index contributed by atoms with van der Waals surface area (Å²) >= 11 is 1.66. The number of nitrogens with one attached hydrogen (secondary N) is 3. The highest BCUT2D eigenvalue weighted by atomic mass is 32.1. The van der Waals surface area contributed by atoms with Crippen LogP contribution in [-0.4, -0.2) is 38.8 Å². The minimum absolute atomic E-state index is 0.0563. The first-order chi connectivity index (χ1) is 12.5. The molecule has 2 atom stereocenters. The molecule has 4 rings (SSSR count). The molecular weight excluding hydrogens is 354 g/mol. The van der Waals surface area contributed by atoms with Gasteiger partial charge in [-0.2, -0.15) is 0 Å². The monoisotopic (exact) mass is 376 g/mol. The number of anilines is 1. The zero-order valence-electron chi connectivity index (χ0n) is 14.9. The van der Waals surface area contributed by atoms with E-state index in [-0.39, 0.29) is 11.7 Å². The van der Waals surface area contributed by atoms with Gasteiger partial charge < -0.3 is 30.1 Å². The van der Waals surface area contributed by atoms with Gasteiger partial charge in [-0.1, -0.05) is 0 Å². The third kappa shape index (κ3) is 2.65. The van der Waals surface area contributed by atoms with Crippen molar-refractivity contribution in [3.8, 4) is 17.2 Å². The smallest absolute Gasteiger partial charge is 0.256 e. The van der Waals surface area contributed by atoms with Gasteiger partial charge in [-0.3, -0.25) is 4.79 Å². The highest BCUT2D eigenvalue weighted by Gasteiger charge is 2.34. The molecule has 1 aromatic carbocycles. The van der Waals surface area contributed by atoms with Gasteiger partial charge in [0, 0.05) is 12.0 Å². The van der Waals surface area contributed by atoms with Gasteiger partial charge in [0.2, 0.25) is 5.75 Å². The number of carbonyl (C=O) groups excluding carboxylic acids is 1. The van der Waals surface area contributed by atoms with Gasteiger partial charge in [-0.25, -0.2) is 0 Å². The lowest BCUT2D eigenvalue weighted by Gasteiger charge is -2.27. The van der Waals surface area contributed by atoms with Crippen molar-refractivity contribution in [3.63, 3.8) is 0 Å². The summed E-state index contributed by atoms with van der Waals surface area (Å²) in [5, 5.41) is 17.4. The number of benzene rings is 1. The van der Waals surface area contributed by atoms with E-state index in [4.69, 9.17) is 9.47 Å². The molecule has 0 aliphatic carbocycles. The van der Waals surface area contributed by atoms with Crippen molar-refractivity contribution in [2.24, 2.45) is 0 Å². The fourth-order valence-corrected chi connectivity index (χ4v) is 4.97. The lowest BCUT2D eigenvalue weighted by atomic mass is 10.0. The minimum Gasteiger partial charge on any atom is -0.502 e. The van der Waals surface area contributed by atoms with E-state index in [0.29, 0.717) is 11.5 Å². The van der Waals surface area contributed by atoms with Crippen LogP contribution in [-0.2, 0) is 13.0 Å². The number of likely N-dealkylation sites (N-methyl/N-ethyl adjacent to an activating group) is 1. The molecule has 8 heteroatoms. The molecule has 3 heterocycles. The maximum Gasteiger partial charge on any atom is 0.256 e. The number of hydrogen-bond donors (Lipinski definition) is 4. The Morgan fingerprint density at radius 3 is 2.58 bits per heavy atom. The third-order valence-electron chi connectivity index (χ3n) is 4.97. The Morgan fingerprint density at radius 1 is 1.23 bits per heavy atom. The number of aromatic hydroxyl groups is 1. The van der Waals surface area contributed by atoms with Gasteiger partial charge in [0.15, 0.2) is 11.5 Å². The van der Waals surface area contributed by atoms with Crippen molar-refractivity contribution < 1.29 is 24.3 Å². The Kier molecular flexibility index (Phi) is 4.16. The van der Waals surface area contributed by atoms with Crippen LogP contribution in [0.2, 0.25) is 0 Å². The molecular formula is C18H22N3O4S+. The second-order valence-electron chi connectivity index (χ2n) is 6.67. The number of quaternary nitrogens is 1. The number of hydrogen-bond acceptors (Lipinski definition) is 6. The van der Waals surface area contributed by atoms with E-state index in [9.17, 15) is 9.90 Å². The van der Waals surface area contributed by atoms with Gasteiger partial charge in [0.05, 0.1) is 38.3 Å². The molecule has 1 amide bonds. The first-order valence-corrected chi connectivity index (χ1v) is 9.31. The van der Waals surface area contributed by atoms with Crippen molar-refractivity contribution in [3.05, 3.63) is 33.7 Å². The highest BCUT2D eigenvalue weighted by molar-refractivity contribution is 7.16. The van der Waals surface area contributed by atoms with Crippen LogP contribution in [0.5, 0.6) is 17.2 Å². The molecule has 4 N–H and O–H groups in total. The van der Waals surface area contributed by atoms with E-state index < -0.39 is 6.17 Å². The fourth-order valence-electron chi connectivity index (χ4n) is 3.58. The summed E-state index contributed by atoms with van der Waals surface area (Å²) in [5.41, 5.74) is 2.72. The zero-order chi connectivity index (χ0) is 18.4. The summed E-state index contributed by atoms with van der Waals surface area (Å²) < 4.78 is 10.4. The van der Waals surface area contributed by atoms with Gasteiger partial charge in [-0.05, 0) is 17.7 Å². The molecule has 0 saturated heterocycles. The lowest BCUT2D eigenvalue weighted by molar-refractivity contribution is -0.895. The number of carbonyl (C=O) groups is 1. The number of methoxy groups -OCH3 is 2. The SMILES string of the molecule is COc1cc([C@@H]2NC(=O)c3c(sc4c3CC[NH+](C)C4)N2)cc(OC)c1O. The summed E-state index contributed by atoms with van der Waals surface area (Å²) in [6.07, 6.45) is 0.511.